The van der Waals surface area contributed by atoms with Crippen LogP contribution in [0.25, 0.3) is 0 Å². The van der Waals surface area contributed by atoms with Gasteiger partial charge in [-0.25, -0.2) is 0 Å². The van der Waals surface area contributed by atoms with Gasteiger partial charge in [-0.3, -0.25) is 9.63 Å². The third kappa shape index (κ3) is 2.05. The maximum absolute atomic E-state index is 12.5. The van der Waals surface area contributed by atoms with Gasteiger partial charge in [-0.1, -0.05) is 55.5 Å². The smallest absolute Gasteiger partial charge is 0.249 e. The standard InChI is InChI=1S/C19H20N2O2/c1-19-12-17(22)21(23-13-14-8-4-3-5-9-14)18(19)20(2)16-11-7-6-10-15(16)19/h3-11,18H,12-13H2,1-2H3/t18-,19-/m0/s1. The number of carbonyl (C=O) groups is 1. The molecule has 1 amide bonds. The van der Waals surface area contributed by atoms with Crippen LogP contribution in [0.15, 0.2) is 54.6 Å². The molecular formula is C19H20N2O2. The van der Waals surface area contributed by atoms with E-state index in [4.69, 9.17) is 4.84 Å². The Labute approximate surface area is 136 Å². The van der Waals surface area contributed by atoms with Crippen LogP contribution >= 0.6 is 0 Å². The summed E-state index contributed by atoms with van der Waals surface area (Å²) in [7, 11) is 2.03. The van der Waals surface area contributed by atoms with Gasteiger partial charge < -0.3 is 4.90 Å². The fourth-order valence-corrected chi connectivity index (χ4v) is 3.95. The van der Waals surface area contributed by atoms with Gasteiger partial charge in [0.05, 0.1) is 0 Å². The lowest BCUT2D eigenvalue weighted by Crippen LogP contribution is -2.47. The van der Waals surface area contributed by atoms with Crippen molar-refractivity contribution in [1.82, 2.24) is 5.06 Å². The molecule has 4 rings (SSSR count). The van der Waals surface area contributed by atoms with E-state index in [1.807, 2.05) is 49.5 Å². The van der Waals surface area contributed by atoms with Gasteiger partial charge in [0.15, 0.2) is 0 Å². The molecule has 0 N–H and O–H groups in total. The van der Waals surface area contributed by atoms with Crippen molar-refractivity contribution in [2.45, 2.75) is 31.5 Å². The molecule has 2 aromatic rings. The molecule has 2 heterocycles. The first kappa shape index (κ1) is 14.3. The van der Waals surface area contributed by atoms with Gasteiger partial charge >= 0.3 is 0 Å². The molecule has 0 spiro atoms. The number of anilines is 1. The zero-order valence-electron chi connectivity index (χ0n) is 13.4. The Hall–Kier alpha value is -2.33. The quantitative estimate of drug-likeness (QED) is 0.873. The van der Waals surface area contributed by atoms with Crippen LogP contribution in [0, 0.1) is 0 Å². The molecule has 0 radical (unpaired) electrons. The summed E-state index contributed by atoms with van der Waals surface area (Å²) in [4.78, 5) is 20.6. The second kappa shape index (κ2) is 5.10. The van der Waals surface area contributed by atoms with Crippen molar-refractivity contribution in [3.05, 3.63) is 65.7 Å². The number of hydrogen-bond acceptors (Lipinski definition) is 3. The van der Waals surface area contributed by atoms with Gasteiger partial charge in [0.25, 0.3) is 0 Å². The van der Waals surface area contributed by atoms with E-state index in [1.165, 1.54) is 11.3 Å². The van der Waals surface area contributed by atoms with E-state index >= 15 is 0 Å². The van der Waals surface area contributed by atoms with Crippen LogP contribution in [0.2, 0.25) is 0 Å². The van der Waals surface area contributed by atoms with Crippen molar-refractivity contribution >= 4 is 11.6 Å². The average molecular weight is 308 g/mol. The summed E-state index contributed by atoms with van der Waals surface area (Å²) in [5.41, 5.74) is 3.25. The first-order valence-corrected chi connectivity index (χ1v) is 7.92. The molecule has 118 valence electrons. The monoisotopic (exact) mass is 308 g/mol. The predicted octanol–water partition coefficient (Wildman–Crippen LogP) is 3.08. The fourth-order valence-electron chi connectivity index (χ4n) is 3.95. The maximum atomic E-state index is 12.5. The summed E-state index contributed by atoms with van der Waals surface area (Å²) in [6.45, 7) is 2.56. The molecule has 1 fully saturated rings. The Bertz CT molecular complexity index is 746. The molecule has 0 unspecified atom stereocenters. The fraction of sp³-hybridized carbons (Fsp3) is 0.316. The van der Waals surface area contributed by atoms with Crippen LogP contribution < -0.4 is 4.90 Å². The Morgan fingerprint density at radius 3 is 2.61 bits per heavy atom. The van der Waals surface area contributed by atoms with Crippen LogP contribution in [0.5, 0.6) is 0 Å². The molecule has 0 aliphatic carbocycles. The zero-order chi connectivity index (χ0) is 16.0. The Balaban J connectivity index is 1.62. The summed E-state index contributed by atoms with van der Waals surface area (Å²) in [6, 6.07) is 18.3. The molecule has 4 heteroatoms. The number of benzene rings is 2. The van der Waals surface area contributed by atoms with Crippen LogP contribution in [-0.2, 0) is 21.7 Å². The Morgan fingerprint density at radius 1 is 1.13 bits per heavy atom. The molecule has 2 aliphatic heterocycles. The number of fused-ring (bicyclic) bond motifs is 3. The predicted molar refractivity (Wildman–Crippen MR) is 88.7 cm³/mol. The van der Waals surface area contributed by atoms with Gasteiger partial charge in [-0.05, 0) is 17.2 Å². The van der Waals surface area contributed by atoms with Crippen molar-refractivity contribution in [3.63, 3.8) is 0 Å². The first-order valence-electron chi connectivity index (χ1n) is 7.92. The van der Waals surface area contributed by atoms with Gasteiger partial charge in [0.2, 0.25) is 5.91 Å². The van der Waals surface area contributed by atoms with Crippen LogP contribution in [0.1, 0.15) is 24.5 Å². The van der Waals surface area contributed by atoms with Gasteiger partial charge in [-0.15, -0.1) is 0 Å². The van der Waals surface area contributed by atoms with E-state index in [2.05, 4.69) is 24.0 Å². The topological polar surface area (TPSA) is 32.8 Å². The minimum Gasteiger partial charge on any atom is -0.351 e. The molecule has 2 atom stereocenters. The summed E-state index contributed by atoms with van der Waals surface area (Å²) < 4.78 is 0. The Morgan fingerprint density at radius 2 is 1.83 bits per heavy atom. The molecule has 1 saturated heterocycles. The maximum Gasteiger partial charge on any atom is 0.249 e. The second-order valence-electron chi connectivity index (χ2n) is 6.57. The third-order valence-corrected chi connectivity index (χ3v) is 5.04. The van der Waals surface area contributed by atoms with Crippen molar-refractivity contribution in [2.24, 2.45) is 0 Å². The highest BCUT2D eigenvalue weighted by Gasteiger charge is 2.57. The van der Waals surface area contributed by atoms with Crippen molar-refractivity contribution in [2.75, 3.05) is 11.9 Å². The molecule has 0 aromatic heterocycles. The highest BCUT2D eigenvalue weighted by atomic mass is 16.7. The second-order valence-corrected chi connectivity index (χ2v) is 6.57. The number of para-hydroxylation sites is 1. The highest BCUT2D eigenvalue weighted by molar-refractivity contribution is 5.84. The van der Waals surface area contributed by atoms with E-state index in [9.17, 15) is 4.79 Å². The number of amides is 1. The summed E-state index contributed by atoms with van der Waals surface area (Å²) in [5.74, 6) is 0.0507. The summed E-state index contributed by atoms with van der Waals surface area (Å²) >= 11 is 0. The minimum absolute atomic E-state index is 0.0507. The first-order chi connectivity index (χ1) is 11.1. The lowest BCUT2D eigenvalue weighted by atomic mass is 9.81. The molecule has 2 aromatic carbocycles. The van der Waals surface area contributed by atoms with Gasteiger partial charge in [0.1, 0.15) is 12.8 Å². The van der Waals surface area contributed by atoms with E-state index < -0.39 is 0 Å². The molecule has 2 aliphatic rings. The van der Waals surface area contributed by atoms with Crippen molar-refractivity contribution < 1.29 is 9.63 Å². The lowest BCUT2D eigenvalue weighted by Gasteiger charge is -2.33. The summed E-state index contributed by atoms with van der Waals surface area (Å²) in [5, 5.41) is 1.58. The number of hydroxylamine groups is 2. The minimum atomic E-state index is -0.223. The normalized spacial score (nSPS) is 25.7. The average Bonchev–Trinajstić information content (AvgIpc) is 2.95. The van der Waals surface area contributed by atoms with E-state index in [1.54, 1.807) is 5.06 Å². The largest absolute Gasteiger partial charge is 0.351 e. The van der Waals surface area contributed by atoms with Crippen molar-refractivity contribution in [3.8, 4) is 0 Å². The molecule has 0 bridgehead atoms. The van der Waals surface area contributed by atoms with E-state index in [-0.39, 0.29) is 17.5 Å². The number of hydrogen-bond donors (Lipinski definition) is 0. The zero-order valence-corrected chi connectivity index (χ0v) is 13.4. The molecule has 4 nitrogen and oxygen atoms in total. The number of rotatable bonds is 3. The van der Waals surface area contributed by atoms with Crippen molar-refractivity contribution in [1.29, 1.82) is 0 Å². The highest BCUT2D eigenvalue weighted by Crippen LogP contribution is 2.51. The third-order valence-electron chi connectivity index (χ3n) is 5.04. The van der Waals surface area contributed by atoms with Gasteiger partial charge in [0, 0.05) is 24.6 Å². The van der Waals surface area contributed by atoms with Crippen LogP contribution in [-0.4, -0.2) is 24.2 Å². The van der Waals surface area contributed by atoms with E-state index in [0.717, 1.165) is 5.56 Å². The van der Waals surface area contributed by atoms with Gasteiger partial charge in [-0.2, -0.15) is 5.06 Å². The molecular weight excluding hydrogens is 288 g/mol. The summed E-state index contributed by atoms with van der Waals surface area (Å²) in [6.07, 6.45) is 0.393. The van der Waals surface area contributed by atoms with E-state index in [0.29, 0.717) is 13.0 Å². The number of likely N-dealkylation sites (N-methyl/N-ethyl adjacent to an activating group) is 1. The SMILES string of the molecule is CN1c2ccccc2[C@]2(C)CC(=O)N(OCc3ccccc3)[C@H]12. The lowest BCUT2D eigenvalue weighted by molar-refractivity contribution is -0.196. The number of carbonyl (C=O) groups excluding carboxylic acids is 1. The molecule has 0 saturated carbocycles. The number of nitrogens with zero attached hydrogens (tertiary/aromatic N) is 2. The van der Waals surface area contributed by atoms with Crippen LogP contribution in [0.3, 0.4) is 0 Å². The Kier molecular flexibility index (Phi) is 3.16. The molecule has 23 heavy (non-hydrogen) atoms. The van der Waals surface area contributed by atoms with Crippen LogP contribution in [0.4, 0.5) is 5.69 Å².